The van der Waals surface area contributed by atoms with Gasteiger partial charge in [-0.25, -0.2) is 12.7 Å². The second-order valence-corrected chi connectivity index (χ2v) is 8.85. The van der Waals surface area contributed by atoms with Crippen LogP contribution < -0.4 is 0 Å². The van der Waals surface area contributed by atoms with E-state index in [1.165, 1.54) is 0 Å². The summed E-state index contributed by atoms with van der Waals surface area (Å²) >= 11 is 0. The quantitative estimate of drug-likeness (QED) is 0.845. The second-order valence-electron chi connectivity index (χ2n) is 6.64. The van der Waals surface area contributed by atoms with Gasteiger partial charge in [0, 0.05) is 19.5 Å². The zero-order chi connectivity index (χ0) is 15.5. The summed E-state index contributed by atoms with van der Waals surface area (Å²) in [6.45, 7) is 3.04. The third kappa shape index (κ3) is 4.19. The first-order valence-electron chi connectivity index (χ1n) is 8.12. The van der Waals surface area contributed by atoms with Crippen LogP contribution in [0.4, 0.5) is 0 Å². The van der Waals surface area contributed by atoms with E-state index in [1.54, 1.807) is 4.31 Å². The third-order valence-corrected chi connectivity index (χ3v) is 7.42. The number of nitrogens with zero attached hydrogens (tertiary/aromatic N) is 1. The van der Waals surface area contributed by atoms with Crippen molar-refractivity contribution in [3.8, 4) is 0 Å². The van der Waals surface area contributed by atoms with E-state index in [4.69, 9.17) is 5.11 Å². The summed E-state index contributed by atoms with van der Waals surface area (Å²) in [4.78, 5) is 10.8. The van der Waals surface area contributed by atoms with E-state index in [0.717, 1.165) is 44.9 Å². The number of aliphatic carboxylic acids is 1. The molecule has 1 heterocycles. The minimum Gasteiger partial charge on any atom is -0.481 e. The summed E-state index contributed by atoms with van der Waals surface area (Å²) in [5.74, 6) is -0.588. The van der Waals surface area contributed by atoms with Crippen molar-refractivity contribution >= 4 is 16.0 Å². The van der Waals surface area contributed by atoms with Crippen LogP contribution in [-0.4, -0.2) is 42.1 Å². The van der Waals surface area contributed by atoms with Gasteiger partial charge in [-0.2, -0.15) is 0 Å². The van der Waals surface area contributed by atoms with Crippen molar-refractivity contribution in [2.45, 2.75) is 63.5 Å². The van der Waals surface area contributed by atoms with Gasteiger partial charge in [-0.15, -0.1) is 0 Å². The number of carboxylic acid groups (broad SMARTS) is 1. The molecule has 5 nitrogen and oxygen atoms in total. The molecule has 2 aliphatic rings. The molecule has 0 aromatic heterocycles. The maximum Gasteiger partial charge on any atom is 0.303 e. The number of carboxylic acids is 1. The van der Waals surface area contributed by atoms with Crippen LogP contribution in [0.25, 0.3) is 0 Å². The van der Waals surface area contributed by atoms with Crippen molar-refractivity contribution in [1.29, 1.82) is 0 Å². The lowest BCUT2D eigenvalue weighted by atomic mass is 9.85. The summed E-state index contributed by atoms with van der Waals surface area (Å²) in [5, 5.41) is 8.70. The monoisotopic (exact) mass is 317 g/mol. The number of piperidine rings is 1. The van der Waals surface area contributed by atoms with E-state index in [0.29, 0.717) is 13.1 Å². The van der Waals surface area contributed by atoms with Gasteiger partial charge in [0.1, 0.15) is 0 Å². The van der Waals surface area contributed by atoms with Crippen LogP contribution in [0, 0.1) is 11.8 Å². The second kappa shape index (κ2) is 7.09. The molecular formula is C15H27NO4S. The largest absolute Gasteiger partial charge is 0.481 e. The number of rotatable bonds is 5. The standard InChI is InChI=1S/C15H27NO4S/c1-12(10-15(17)18)13-6-5-9-16(11-13)21(19,20)14-7-3-2-4-8-14/h12-14H,2-11H2,1H3,(H,17,18). The Bertz CT molecular complexity index is 456. The molecule has 1 saturated heterocycles. The van der Waals surface area contributed by atoms with Gasteiger partial charge in [-0.3, -0.25) is 4.79 Å². The lowest BCUT2D eigenvalue weighted by Gasteiger charge is -2.37. The molecule has 122 valence electrons. The summed E-state index contributed by atoms with van der Waals surface area (Å²) in [6, 6.07) is 0. The molecule has 0 radical (unpaired) electrons. The fourth-order valence-electron chi connectivity index (χ4n) is 3.69. The van der Waals surface area contributed by atoms with Gasteiger partial charge in [0.25, 0.3) is 0 Å². The molecule has 1 saturated carbocycles. The maximum absolute atomic E-state index is 12.7. The van der Waals surface area contributed by atoms with Crippen LogP contribution in [0.15, 0.2) is 0 Å². The van der Waals surface area contributed by atoms with Crippen LogP contribution in [-0.2, 0) is 14.8 Å². The van der Waals surface area contributed by atoms with Gasteiger partial charge in [-0.05, 0) is 37.5 Å². The first-order chi connectivity index (χ1) is 9.91. The van der Waals surface area contributed by atoms with Crippen molar-refractivity contribution < 1.29 is 18.3 Å². The van der Waals surface area contributed by atoms with Gasteiger partial charge in [0.05, 0.1) is 5.25 Å². The average molecular weight is 317 g/mol. The number of hydrogen-bond donors (Lipinski definition) is 1. The van der Waals surface area contributed by atoms with Gasteiger partial charge >= 0.3 is 5.97 Å². The molecule has 1 N–H and O–H groups in total. The summed E-state index contributed by atoms with van der Waals surface area (Å²) in [5.41, 5.74) is 0. The number of hydrogen-bond acceptors (Lipinski definition) is 3. The SMILES string of the molecule is CC(CC(=O)O)C1CCCN(S(=O)(=O)C2CCCCC2)C1. The molecule has 0 aromatic rings. The molecular weight excluding hydrogens is 290 g/mol. The molecule has 21 heavy (non-hydrogen) atoms. The summed E-state index contributed by atoms with van der Waals surface area (Å²) in [7, 11) is -3.19. The minimum absolute atomic E-state index is 0.0341. The van der Waals surface area contributed by atoms with Gasteiger partial charge in [0.15, 0.2) is 0 Å². The molecule has 6 heteroatoms. The zero-order valence-corrected chi connectivity index (χ0v) is 13.6. The van der Waals surface area contributed by atoms with E-state index in [1.807, 2.05) is 6.92 Å². The molecule has 2 atom stereocenters. The highest BCUT2D eigenvalue weighted by atomic mass is 32.2. The topological polar surface area (TPSA) is 74.7 Å². The predicted octanol–water partition coefficient (Wildman–Crippen LogP) is 2.47. The molecule has 2 unspecified atom stereocenters. The van der Waals surface area contributed by atoms with Gasteiger partial charge < -0.3 is 5.11 Å². The number of sulfonamides is 1. The Labute approximate surface area is 127 Å². The molecule has 0 amide bonds. The fourth-order valence-corrected chi connectivity index (χ4v) is 5.82. The Hall–Kier alpha value is -0.620. The third-order valence-electron chi connectivity index (χ3n) is 5.06. The lowest BCUT2D eigenvalue weighted by molar-refractivity contribution is -0.138. The van der Waals surface area contributed by atoms with Crippen molar-refractivity contribution in [1.82, 2.24) is 4.31 Å². The molecule has 0 bridgehead atoms. The van der Waals surface area contributed by atoms with Crippen LogP contribution >= 0.6 is 0 Å². The van der Waals surface area contributed by atoms with Crippen molar-refractivity contribution in [3.05, 3.63) is 0 Å². The minimum atomic E-state index is -3.19. The molecule has 2 fully saturated rings. The van der Waals surface area contributed by atoms with Crippen molar-refractivity contribution in [3.63, 3.8) is 0 Å². The number of carbonyl (C=O) groups is 1. The Morgan fingerprint density at radius 3 is 2.48 bits per heavy atom. The van der Waals surface area contributed by atoms with Crippen LogP contribution in [0.2, 0.25) is 0 Å². The highest BCUT2D eigenvalue weighted by molar-refractivity contribution is 7.89. The highest BCUT2D eigenvalue weighted by Gasteiger charge is 2.37. The fraction of sp³-hybridized carbons (Fsp3) is 0.933. The van der Waals surface area contributed by atoms with Crippen LogP contribution in [0.1, 0.15) is 58.3 Å². The van der Waals surface area contributed by atoms with Crippen LogP contribution in [0.5, 0.6) is 0 Å². The predicted molar refractivity (Wildman–Crippen MR) is 81.5 cm³/mol. The zero-order valence-electron chi connectivity index (χ0n) is 12.8. The van der Waals surface area contributed by atoms with Crippen molar-refractivity contribution in [2.75, 3.05) is 13.1 Å². The Kier molecular flexibility index (Phi) is 5.66. The highest BCUT2D eigenvalue weighted by Crippen LogP contribution is 2.32. The normalized spacial score (nSPS) is 27.4. The molecule has 2 rings (SSSR count). The lowest BCUT2D eigenvalue weighted by Crippen LogP contribution is -2.46. The Morgan fingerprint density at radius 1 is 1.19 bits per heavy atom. The molecule has 1 aliphatic carbocycles. The summed E-state index contributed by atoms with van der Waals surface area (Å²) in [6.07, 6.45) is 6.65. The van der Waals surface area contributed by atoms with E-state index in [-0.39, 0.29) is 23.5 Å². The van der Waals surface area contributed by atoms with Crippen LogP contribution in [0.3, 0.4) is 0 Å². The van der Waals surface area contributed by atoms with Gasteiger partial charge in [-0.1, -0.05) is 26.2 Å². The Morgan fingerprint density at radius 2 is 1.86 bits per heavy atom. The first-order valence-corrected chi connectivity index (χ1v) is 9.62. The smallest absolute Gasteiger partial charge is 0.303 e. The van der Waals surface area contributed by atoms with E-state index < -0.39 is 16.0 Å². The average Bonchev–Trinajstić information content (AvgIpc) is 2.47. The van der Waals surface area contributed by atoms with E-state index in [9.17, 15) is 13.2 Å². The van der Waals surface area contributed by atoms with E-state index >= 15 is 0 Å². The van der Waals surface area contributed by atoms with Crippen molar-refractivity contribution in [2.24, 2.45) is 11.8 Å². The molecule has 0 aromatic carbocycles. The molecule has 1 aliphatic heterocycles. The van der Waals surface area contributed by atoms with E-state index in [2.05, 4.69) is 0 Å². The maximum atomic E-state index is 12.7. The first kappa shape index (κ1) is 16.7. The molecule has 0 spiro atoms. The Balaban J connectivity index is 2.00. The summed E-state index contributed by atoms with van der Waals surface area (Å²) < 4.78 is 27.1. The van der Waals surface area contributed by atoms with Gasteiger partial charge in [0.2, 0.25) is 10.0 Å².